The van der Waals surface area contributed by atoms with Crippen LogP contribution in [0.25, 0.3) is 0 Å². The van der Waals surface area contributed by atoms with Gasteiger partial charge in [0.2, 0.25) is 5.91 Å². The van der Waals surface area contributed by atoms with Crippen LogP contribution in [0, 0.1) is 17.3 Å². The molecule has 5 heteroatoms. The molecule has 1 aliphatic heterocycles. The molecule has 1 heterocycles. The zero-order valence-corrected chi connectivity index (χ0v) is 17.7. The van der Waals surface area contributed by atoms with Gasteiger partial charge in [0.05, 0.1) is 12.5 Å². The fraction of sp³-hybridized carbons (Fsp3) is 0.696. The van der Waals surface area contributed by atoms with Crippen LogP contribution in [0.15, 0.2) is 24.3 Å². The highest BCUT2D eigenvalue weighted by Gasteiger charge is 2.61. The predicted octanol–water partition coefficient (Wildman–Crippen LogP) is 3.82. The molecule has 5 aliphatic rings. The number of carbonyl (C=O) groups is 1. The van der Waals surface area contributed by atoms with Crippen molar-refractivity contribution in [3.05, 3.63) is 29.8 Å². The molecule has 3 atom stereocenters. The summed E-state index contributed by atoms with van der Waals surface area (Å²) in [6, 6.07) is 9.00. The molecular formula is C23H33ClN2O2. The Kier molecular flexibility index (Phi) is 5.39. The second-order valence-corrected chi connectivity index (χ2v) is 9.77. The van der Waals surface area contributed by atoms with Crippen molar-refractivity contribution in [2.75, 3.05) is 20.2 Å². The molecule has 4 nitrogen and oxygen atoms in total. The van der Waals surface area contributed by atoms with E-state index in [0.717, 1.165) is 44.5 Å². The third-order valence-corrected chi connectivity index (χ3v) is 7.88. The molecule has 6 rings (SSSR count). The summed E-state index contributed by atoms with van der Waals surface area (Å²) in [4.78, 5) is 13.5. The molecule has 1 aromatic carbocycles. The van der Waals surface area contributed by atoms with Crippen LogP contribution in [0.2, 0.25) is 0 Å². The van der Waals surface area contributed by atoms with E-state index in [1.54, 1.807) is 7.11 Å². The maximum atomic E-state index is 13.5. The fourth-order valence-electron chi connectivity index (χ4n) is 7.12. The van der Waals surface area contributed by atoms with Gasteiger partial charge in [-0.05, 0) is 92.9 Å². The van der Waals surface area contributed by atoms with Crippen molar-refractivity contribution >= 4 is 18.3 Å². The molecule has 1 aromatic rings. The Morgan fingerprint density at radius 1 is 1.14 bits per heavy atom. The van der Waals surface area contributed by atoms with E-state index in [1.807, 2.05) is 0 Å². The number of piperidine rings is 1. The van der Waals surface area contributed by atoms with Crippen LogP contribution in [0.4, 0.5) is 0 Å². The molecule has 2 N–H and O–H groups in total. The number of nitrogens with one attached hydrogen (secondary N) is 2. The first-order chi connectivity index (χ1) is 13.1. The minimum Gasteiger partial charge on any atom is -0.497 e. The largest absolute Gasteiger partial charge is 0.497 e. The third-order valence-electron chi connectivity index (χ3n) is 7.88. The van der Waals surface area contributed by atoms with Crippen LogP contribution in [0.3, 0.4) is 0 Å². The van der Waals surface area contributed by atoms with E-state index in [-0.39, 0.29) is 23.2 Å². The molecule has 1 saturated heterocycles. The highest BCUT2D eigenvalue weighted by Crippen LogP contribution is 2.65. The summed E-state index contributed by atoms with van der Waals surface area (Å²) in [5.74, 6) is 2.69. The molecule has 0 radical (unpaired) electrons. The maximum absolute atomic E-state index is 13.5. The van der Waals surface area contributed by atoms with E-state index < -0.39 is 0 Å². The first-order valence-corrected chi connectivity index (χ1v) is 10.8. The van der Waals surface area contributed by atoms with Gasteiger partial charge in [0.15, 0.2) is 0 Å². The van der Waals surface area contributed by atoms with Crippen LogP contribution >= 0.6 is 12.4 Å². The highest BCUT2D eigenvalue weighted by molar-refractivity contribution is 5.85. The summed E-state index contributed by atoms with van der Waals surface area (Å²) in [6.07, 6.45) is 9.37. The van der Waals surface area contributed by atoms with Gasteiger partial charge in [-0.25, -0.2) is 0 Å². The van der Waals surface area contributed by atoms with Gasteiger partial charge >= 0.3 is 0 Å². The van der Waals surface area contributed by atoms with Crippen molar-refractivity contribution in [3.63, 3.8) is 0 Å². The number of halogens is 1. The monoisotopic (exact) mass is 404 g/mol. The van der Waals surface area contributed by atoms with Gasteiger partial charge in [0.1, 0.15) is 5.75 Å². The van der Waals surface area contributed by atoms with Crippen LogP contribution in [0.1, 0.15) is 56.9 Å². The minimum atomic E-state index is -0.137. The topological polar surface area (TPSA) is 50.4 Å². The van der Waals surface area contributed by atoms with Crippen LogP contribution in [-0.2, 0) is 10.2 Å². The first kappa shape index (κ1) is 20.0. The molecule has 5 fully saturated rings. The number of amides is 1. The van der Waals surface area contributed by atoms with Gasteiger partial charge in [0, 0.05) is 12.6 Å². The Bertz CT molecular complexity index is 700. The molecule has 28 heavy (non-hydrogen) atoms. The van der Waals surface area contributed by atoms with Gasteiger partial charge in [-0.1, -0.05) is 12.1 Å². The van der Waals surface area contributed by atoms with Crippen molar-refractivity contribution in [1.82, 2.24) is 10.6 Å². The van der Waals surface area contributed by atoms with E-state index in [2.05, 4.69) is 34.9 Å². The second-order valence-electron chi connectivity index (χ2n) is 9.77. The summed E-state index contributed by atoms with van der Waals surface area (Å²) >= 11 is 0. The van der Waals surface area contributed by atoms with Crippen LogP contribution < -0.4 is 15.4 Å². The lowest BCUT2D eigenvalue weighted by molar-refractivity contribution is -0.150. The van der Waals surface area contributed by atoms with E-state index in [1.165, 1.54) is 31.2 Å². The van der Waals surface area contributed by atoms with Crippen molar-refractivity contribution in [3.8, 4) is 5.75 Å². The Balaban J connectivity index is 0.00000192. The lowest BCUT2D eigenvalue weighted by atomic mass is 9.42. The molecule has 4 bridgehead atoms. The number of hydrogen-bond donors (Lipinski definition) is 2. The van der Waals surface area contributed by atoms with Crippen molar-refractivity contribution in [2.45, 2.75) is 62.8 Å². The Labute approximate surface area is 174 Å². The number of ether oxygens (including phenoxy) is 1. The fourth-order valence-corrected chi connectivity index (χ4v) is 7.12. The second kappa shape index (κ2) is 7.53. The van der Waals surface area contributed by atoms with E-state index in [4.69, 9.17) is 4.74 Å². The number of hydrogen-bond acceptors (Lipinski definition) is 3. The lowest BCUT2D eigenvalue weighted by Crippen LogP contribution is -2.60. The van der Waals surface area contributed by atoms with Crippen molar-refractivity contribution in [2.24, 2.45) is 17.3 Å². The first-order valence-electron chi connectivity index (χ1n) is 10.8. The van der Waals surface area contributed by atoms with Gasteiger partial charge in [-0.3, -0.25) is 4.79 Å². The zero-order valence-electron chi connectivity index (χ0n) is 16.8. The van der Waals surface area contributed by atoms with Gasteiger partial charge in [-0.2, -0.15) is 0 Å². The third kappa shape index (κ3) is 3.33. The number of rotatable bonds is 4. The Hall–Kier alpha value is -1.26. The lowest BCUT2D eigenvalue weighted by Gasteiger charge is -2.61. The van der Waals surface area contributed by atoms with Crippen LogP contribution in [0.5, 0.6) is 5.75 Å². The summed E-state index contributed by atoms with van der Waals surface area (Å²) in [7, 11) is 1.72. The molecular weight excluding hydrogens is 372 g/mol. The predicted molar refractivity (Wildman–Crippen MR) is 113 cm³/mol. The van der Waals surface area contributed by atoms with Crippen LogP contribution in [-0.4, -0.2) is 32.1 Å². The normalized spacial score (nSPS) is 38.5. The smallest absolute Gasteiger partial charge is 0.226 e. The van der Waals surface area contributed by atoms with Gasteiger partial charge in [0.25, 0.3) is 0 Å². The molecule has 0 aromatic heterocycles. The summed E-state index contributed by atoms with van der Waals surface area (Å²) in [5.41, 5.74) is 1.48. The van der Waals surface area contributed by atoms with Crippen molar-refractivity contribution in [1.29, 1.82) is 0 Å². The highest BCUT2D eigenvalue weighted by atomic mass is 35.5. The summed E-state index contributed by atoms with van der Waals surface area (Å²) in [5, 5.41) is 6.87. The standard InChI is InChI=1S/C23H32N2O2.ClH/c1-27-20-6-4-18(5-7-20)22-10-16-9-17(11-22)13-23(12-16,15-22)21(26)25-19-3-2-8-24-14-19;/h4-7,16-17,19,24H,2-3,8-15H2,1H3,(H,25,26);1H/t16?,17?,19-,22?,23?;/m0./s1. The van der Waals surface area contributed by atoms with Gasteiger partial charge < -0.3 is 15.4 Å². The summed E-state index contributed by atoms with van der Waals surface area (Å²) in [6.45, 7) is 2.01. The van der Waals surface area contributed by atoms with Gasteiger partial charge in [-0.15, -0.1) is 12.4 Å². The zero-order chi connectivity index (χ0) is 18.5. The molecule has 4 aliphatic carbocycles. The summed E-state index contributed by atoms with van der Waals surface area (Å²) < 4.78 is 5.36. The average molecular weight is 405 g/mol. The molecule has 0 spiro atoms. The van der Waals surface area contributed by atoms with E-state index in [9.17, 15) is 4.79 Å². The van der Waals surface area contributed by atoms with Crippen molar-refractivity contribution < 1.29 is 9.53 Å². The Morgan fingerprint density at radius 3 is 2.46 bits per heavy atom. The molecule has 1 amide bonds. The number of benzene rings is 1. The minimum absolute atomic E-state index is 0. The SMILES string of the molecule is COc1ccc(C23CC4CC(CC(C(=O)N[C@H]5CCCNC5)(C4)C2)C3)cc1.Cl. The van der Waals surface area contributed by atoms with E-state index >= 15 is 0 Å². The molecule has 2 unspecified atom stereocenters. The quantitative estimate of drug-likeness (QED) is 0.801. The van der Waals surface area contributed by atoms with E-state index in [0.29, 0.717) is 23.8 Å². The number of methoxy groups -OCH3 is 1. The number of carbonyl (C=O) groups excluding carboxylic acids is 1. The maximum Gasteiger partial charge on any atom is 0.226 e. The Morgan fingerprint density at radius 2 is 1.86 bits per heavy atom. The molecule has 154 valence electrons. The molecule has 4 saturated carbocycles. The average Bonchev–Trinajstić information content (AvgIpc) is 2.68.